The van der Waals surface area contributed by atoms with Crippen molar-refractivity contribution in [2.75, 3.05) is 11.9 Å². The Kier molecular flexibility index (Phi) is 6.40. The monoisotopic (exact) mass is 409 g/mol. The number of nitrogens with zero attached hydrogens (tertiary/aromatic N) is 1. The molecule has 1 saturated heterocycles. The van der Waals surface area contributed by atoms with Crippen LogP contribution in [0.4, 0.5) is 10.5 Å². The minimum absolute atomic E-state index is 0.329. The summed E-state index contributed by atoms with van der Waals surface area (Å²) in [5, 5.41) is 5.44. The van der Waals surface area contributed by atoms with Gasteiger partial charge in [0.25, 0.3) is 5.91 Å². The van der Waals surface area contributed by atoms with Gasteiger partial charge in [0.05, 0.1) is 0 Å². The summed E-state index contributed by atoms with van der Waals surface area (Å²) in [6.07, 6.45) is 1.34. The van der Waals surface area contributed by atoms with Gasteiger partial charge in [-0.05, 0) is 62.1 Å². The van der Waals surface area contributed by atoms with Crippen LogP contribution < -0.4 is 15.4 Å². The molecule has 3 rings (SSSR count). The molecule has 0 spiro atoms. The molecule has 2 N–H and O–H groups in total. The first kappa shape index (κ1) is 21.4. The third kappa shape index (κ3) is 5.17. The second-order valence-corrected chi connectivity index (χ2v) is 8.07. The smallest absolute Gasteiger partial charge is 0.325 e. The Bertz CT molecular complexity index is 912. The van der Waals surface area contributed by atoms with E-state index >= 15 is 0 Å². The van der Waals surface area contributed by atoms with Crippen LogP contribution in [-0.4, -0.2) is 34.8 Å². The van der Waals surface area contributed by atoms with Crippen molar-refractivity contribution in [1.29, 1.82) is 0 Å². The molecule has 0 aromatic heterocycles. The normalized spacial score (nSPS) is 18.5. The highest BCUT2D eigenvalue weighted by molar-refractivity contribution is 6.09. The number of anilines is 1. The van der Waals surface area contributed by atoms with Crippen LogP contribution >= 0.6 is 0 Å². The van der Waals surface area contributed by atoms with Gasteiger partial charge < -0.3 is 15.4 Å². The maximum atomic E-state index is 12.7. The number of hydrogen-bond acceptors (Lipinski definition) is 4. The van der Waals surface area contributed by atoms with Crippen LogP contribution in [0.25, 0.3) is 0 Å². The number of benzene rings is 2. The van der Waals surface area contributed by atoms with Gasteiger partial charge in [-0.15, -0.1) is 0 Å². The maximum Gasteiger partial charge on any atom is 0.325 e. The third-order valence-electron chi connectivity index (χ3n) is 4.99. The molecule has 1 aliphatic heterocycles. The fraction of sp³-hybridized carbons (Fsp3) is 0.348. The number of hydrogen-bond donors (Lipinski definition) is 2. The van der Waals surface area contributed by atoms with Crippen LogP contribution in [0.1, 0.15) is 33.6 Å². The zero-order valence-electron chi connectivity index (χ0n) is 17.5. The van der Waals surface area contributed by atoms with Crippen molar-refractivity contribution in [3.05, 3.63) is 54.6 Å². The molecule has 2 aromatic rings. The molecule has 1 heterocycles. The first-order chi connectivity index (χ1) is 14.3. The summed E-state index contributed by atoms with van der Waals surface area (Å²) in [6.45, 7) is 5.50. The fourth-order valence-corrected chi connectivity index (χ4v) is 3.21. The molecule has 0 unspecified atom stereocenters. The van der Waals surface area contributed by atoms with Crippen molar-refractivity contribution in [2.24, 2.45) is 5.92 Å². The van der Waals surface area contributed by atoms with Crippen molar-refractivity contribution < 1.29 is 19.1 Å². The van der Waals surface area contributed by atoms with Crippen LogP contribution in [0.2, 0.25) is 0 Å². The van der Waals surface area contributed by atoms with Crippen LogP contribution in [0.15, 0.2) is 54.6 Å². The molecule has 0 bridgehead atoms. The summed E-state index contributed by atoms with van der Waals surface area (Å²) < 4.78 is 5.72. The van der Waals surface area contributed by atoms with E-state index in [1.807, 2.05) is 30.3 Å². The van der Waals surface area contributed by atoms with Crippen LogP contribution in [-0.2, 0) is 9.59 Å². The minimum Gasteiger partial charge on any atom is -0.457 e. The summed E-state index contributed by atoms with van der Waals surface area (Å²) in [7, 11) is 0. The molecule has 0 aliphatic carbocycles. The first-order valence-electron chi connectivity index (χ1n) is 10.0. The molecule has 158 valence electrons. The largest absolute Gasteiger partial charge is 0.457 e. The predicted octanol–water partition coefficient (Wildman–Crippen LogP) is 4.16. The Labute approximate surface area is 176 Å². The van der Waals surface area contributed by atoms with Gasteiger partial charge in [-0.2, -0.15) is 0 Å². The van der Waals surface area contributed by atoms with E-state index in [0.717, 1.165) is 11.3 Å². The molecule has 0 radical (unpaired) electrons. The van der Waals surface area contributed by atoms with E-state index in [9.17, 15) is 14.4 Å². The first-order valence-corrected chi connectivity index (χ1v) is 10.0. The molecule has 0 saturated carbocycles. The van der Waals surface area contributed by atoms with Crippen molar-refractivity contribution in [2.45, 2.75) is 39.2 Å². The third-order valence-corrected chi connectivity index (χ3v) is 4.99. The second kappa shape index (κ2) is 8.98. The van der Waals surface area contributed by atoms with Crippen LogP contribution in [0.5, 0.6) is 11.5 Å². The van der Waals surface area contributed by atoms with Crippen LogP contribution in [0.3, 0.4) is 0 Å². The maximum absolute atomic E-state index is 12.7. The van der Waals surface area contributed by atoms with Gasteiger partial charge in [0.2, 0.25) is 5.91 Å². The number of carbonyl (C=O) groups is 3. The molecule has 7 nitrogen and oxygen atoms in total. The molecule has 4 amide bonds. The molecule has 1 atom stereocenters. The highest BCUT2D eigenvalue weighted by atomic mass is 16.5. The van der Waals surface area contributed by atoms with E-state index in [-0.39, 0.29) is 12.5 Å². The molecule has 30 heavy (non-hydrogen) atoms. The number of urea groups is 1. The number of ether oxygens (including phenoxy) is 1. The quantitative estimate of drug-likeness (QED) is 0.641. The Morgan fingerprint density at radius 2 is 1.70 bits per heavy atom. The van der Waals surface area contributed by atoms with Gasteiger partial charge in [0.1, 0.15) is 23.6 Å². The van der Waals surface area contributed by atoms with Gasteiger partial charge >= 0.3 is 6.03 Å². The standard InChI is InChI=1S/C23H27N3O4/c1-16(2)13-14-23(3)21(28)26(22(29)25-23)15-20(27)24-17-9-11-19(12-10-17)30-18-7-5-4-6-8-18/h4-12,16H,13-15H2,1-3H3,(H,24,27)(H,25,29)/t23-/m1/s1. The van der Waals surface area contributed by atoms with Gasteiger partial charge in [-0.1, -0.05) is 32.0 Å². The van der Waals surface area contributed by atoms with Crippen molar-refractivity contribution in [3.8, 4) is 11.5 Å². The summed E-state index contributed by atoms with van der Waals surface area (Å²) >= 11 is 0. The molecular formula is C23H27N3O4. The SMILES string of the molecule is CC(C)CC[C@@]1(C)NC(=O)N(CC(=O)Nc2ccc(Oc3ccccc3)cc2)C1=O. The number of rotatable bonds is 8. The van der Waals surface area contributed by atoms with E-state index in [0.29, 0.717) is 29.5 Å². The van der Waals surface area contributed by atoms with Gasteiger partial charge in [0.15, 0.2) is 0 Å². The Hall–Kier alpha value is -3.35. The van der Waals surface area contributed by atoms with Crippen LogP contribution in [0, 0.1) is 5.92 Å². The highest BCUT2D eigenvalue weighted by Crippen LogP contribution is 2.25. The number of imide groups is 1. The molecule has 7 heteroatoms. The van der Waals surface area contributed by atoms with Crippen molar-refractivity contribution >= 4 is 23.5 Å². The van der Waals surface area contributed by atoms with Gasteiger partial charge in [-0.3, -0.25) is 14.5 Å². The zero-order valence-corrected chi connectivity index (χ0v) is 17.5. The van der Waals surface area contributed by atoms with E-state index in [4.69, 9.17) is 4.74 Å². The van der Waals surface area contributed by atoms with Gasteiger partial charge in [-0.25, -0.2) is 4.79 Å². The summed E-state index contributed by atoms with van der Waals surface area (Å²) in [6, 6.07) is 15.7. The Balaban J connectivity index is 1.56. The summed E-state index contributed by atoms with van der Waals surface area (Å²) in [5.74, 6) is 0.957. The van der Waals surface area contributed by atoms with E-state index < -0.39 is 17.5 Å². The number of para-hydroxylation sites is 1. The fourth-order valence-electron chi connectivity index (χ4n) is 3.21. The Morgan fingerprint density at radius 3 is 2.33 bits per heavy atom. The molecule has 1 fully saturated rings. The van der Waals surface area contributed by atoms with E-state index in [1.54, 1.807) is 31.2 Å². The number of carbonyl (C=O) groups excluding carboxylic acids is 3. The van der Waals surface area contributed by atoms with Gasteiger partial charge in [0, 0.05) is 5.69 Å². The Morgan fingerprint density at radius 1 is 1.07 bits per heavy atom. The lowest BCUT2D eigenvalue weighted by Crippen LogP contribution is -2.44. The van der Waals surface area contributed by atoms with E-state index in [1.165, 1.54) is 0 Å². The second-order valence-electron chi connectivity index (χ2n) is 8.07. The van der Waals surface area contributed by atoms with Crippen molar-refractivity contribution in [3.63, 3.8) is 0 Å². The minimum atomic E-state index is -0.960. The average Bonchev–Trinajstić information content (AvgIpc) is 2.92. The molecular weight excluding hydrogens is 382 g/mol. The van der Waals surface area contributed by atoms with Crippen molar-refractivity contribution in [1.82, 2.24) is 10.2 Å². The highest BCUT2D eigenvalue weighted by Gasteiger charge is 2.47. The molecule has 2 aromatic carbocycles. The number of nitrogens with one attached hydrogen (secondary N) is 2. The lowest BCUT2D eigenvalue weighted by atomic mass is 9.92. The summed E-state index contributed by atoms with van der Waals surface area (Å²) in [4.78, 5) is 38.3. The topological polar surface area (TPSA) is 87.7 Å². The predicted molar refractivity (Wildman–Crippen MR) is 114 cm³/mol. The lowest BCUT2D eigenvalue weighted by Gasteiger charge is -2.22. The number of amides is 4. The zero-order chi connectivity index (χ0) is 21.7. The molecule has 1 aliphatic rings. The summed E-state index contributed by atoms with van der Waals surface area (Å²) in [5.41, 5.74) is -0.409. The average molecular weight is 409 g/mol. The van der Waals surface area contributed by atoms with E-state index in [2.05, 4.69) is 24.5 Å². The lowest BCUT2D eigenvalue weighted by molar-refractivity contribution is -0.133.